The molecule has 0 fully saturated rings. The molecule has 0 aliphatic rings. The van der Waals surface area contributed by atoms with E-state index in [1.165, 1.54) is 0 Å². The maximum absolute atomic E-state index is 12.5. The molecule has 1 amide bonds. The molecule has 20 heavy (non-hydrogen) atoms. The average molecular weight is 336 g/mol. The number of hydrogen-bond donors (Lipinski definition) is 1. The van der Waals surface area contributed by atoms with Gasteiger partial charge in [0, 0.05) is 22.4 Å². The number of amides is 1. The molecular formula is C15H18BrN3O. The summed E-state index contributed by atoms with van der Waals surface area (Å²) in [4.78, 5) is 12.5. The highest BCUT2D eigenvalue weighted by atomic mass is 79.9. The molecule has 5 heteroatoms. The fourth-order valence-corrected chi connectivity index (χ4v) is 2.61. The van der Waals surface area contributed by atoms with Crippen LogP contribution in [0.4, 0.5) is 5.69 Å². The van der Waals surface area contributed by atoms with Gasteiger partial charge in [0.1, 0.15) is 0 Å². The lowest BCUT2D eigenvalue weighted by molar-refractivity contribution is 0.102. The van der Waals surface area contributed by atoms with Crippen LogP contribution >= 0.6 is 15.9 Å². The van der Waals surface area contributed by atoms with Gasteiger partial charge in [-0.2, -0.15) is 5.10 Å². The van der Waals surface area contributed by atoms with Gasteiger partial charge in [-0.05, 0) is 45.4 Å². The van der Waals surface area contributed by atoms with Crippen LogP contribution in [-0.2, 0) is 6.54 Å². The second-order valence-corrected chi connectivity index (χ2v) is 5.69. The zero-order valence-corrected chi connectivity index (χ0v) is 13.7. The van der Waals surface area contributed by atoms with Gasteiger partial charge in [0.2, 0.25) is 0 Å². The zero-order valence-electron chi connectivity index (χ0n) is 12.1. The van der Waals surface area contributed by atoms with Gasteiger partial charge < -0.3 is 5.32 Å². The number of benzene rings is 1. The Morgan fingerprint density at radius 1 is 1.35 bits per heavy atom. The van der Waals surface area contributed by atoms with Crippen molar-refractivity contribution < 1.29 is 4.79 Å². The maximum Gasteiger partial charge on any atom is 0.259 e. The summed E-state index contributed by atoms with van der Waals surface area (Å²) in [7, 11) is 0. The predicted octanol–water partition coefficient (Wildman–Crippen LogP) is 3.84. The van der Waals surface area contributed by atoms with Crippen molar-refractivity contribution in [3.05, 3.63) is 45.2 Å². The molecule has 1 aromatic heterocycles. The van der Waals surface area contributed by atoms with Crippen molar-refractivity contribution in [1.82, 2.24) is 9.78 Å². The molecule has 1 N–H and O–H groups in total. The SMILES string of the molecule is CCn1nc(C)c(C(=O)Nc2cc(Br)ccc2C)c1C. The lowest BCUT2D eigenvalue weighted by Gasteiger charge is -2.09. The quantitative estimate of drug-likeness (QED) is 0.926. The molecule has 0 spiro atoms. The van der Waals surface area contributed by atoms with Crippen LogP contribution in [0.15, 0.2) is 22.7 Å². The second-order valence-electron chi connectivity index (χ2n) is 4.77. The van der Waals surface area contributed by atoms with Crippen molar-refractivity contribution in [3.63, 3.8) is 0 Å². The molecule has 0 aliphatic heterocycles. The summed E-state index contributed by atoms with van der Waals surface area (Å²) in [5, 5.41) is 7.34. The Balaban J connectivity index is 2.33. The highest BCUT2D eigenvalue weighted by molar-refractivity contribution is 9.10. The molecule has 0 unspecified atom stereocenters. The lowest BCUT2D eigenvalue weighted by atomic mass is 10.1. The fourth-order valence-electron chi connectivity index (χ4n) is 2.25. The summed E-state index contributed by atoms with van der Waals surface area (Å²) in [5.74, 6) is -0.110. The number of halogens is 1. The first-order chi connectivity index (χ1) is 9.43. The highest BCUT2D eigenvalue weighted by Gasteiger charge is 2.18. The summed E-state index contributed by atoms with van der Waals surface area (Å²) in [6, 6.07) is 5.83. The van der Waals surface area contributed by atoms with Gasteiger partial charge in [0.05, 0.1) is 11.3 Å². The number of nitrogens with zero attached hydrogens (tertiary/aromatic N) is 2. The molecule has 4 nitrogen and oxygen atoms in total. The Morgan fingerprint density at radius 2 is 2.05 bits per heavy atom. The number of anilines is 1. The number of carbonyl (C=O) groups excluding carboxylic acids is 1. The summed E-state index contributed by atoms with van der Waals surface area (Å²) in [5.41, 5.74) is 4.16. The third-order valence-corrected chi connectivity index (χ3v) is 3.85. The summed E-state index contributed by atoms with van der Waals surface area (Å²) in [6.07, 6.45) is 0. The van der Waals surface area contributed by atoms with Crippen molar-refractivity contribution in [1.29, 1.82) is 0 Å². The number of aryl methyl sites for hydroxylation is 3. The van der Waals surface area contributed by atoms with Crippen LogP contribution in [0.25, 0.3) is 0 Å². The molecule has 1 heterocycles. The van der Waals surface area contributed by atoms with Gasteiger partial charge in [-0.25, -0.2) is 0 Å². The Morgan fingerprint density at radius 3 is 2.65 bits per heavy atom. The Bertz CT molecular complexity index is 661. The molecular weight excluding hydrogens is 318 g/mol. The first kappa shape index (κ1) is 14.8. The van der Waals surface area contributed by atoms with Crippen LogP contribution in [0.2, 0.25) is 0 Å². The first-order valence-electron chi connectivity index (χ1n) is 6.55. The molecule has 0 bridgehead atoms. The number of rotatable bonds is 3. The van der Waals surface area contributed by atoms with Crippen molar-refractivity contribution in [2.75, 3.05) is 5.32 Å². The van der Waals surface area contributed by atoms with E-state index in [1.807, 2.05) is 50.6 Å². The van der Waals surface area contributed by atoms with Crippen LogP contribution in [0, 0.1) is 20.8 Å². The number of hydrogen-bond acceptors (Lipinski definition) is 2. The fraction of sp³-hybridized carbons (Fsp3) is 0.333. The Hall–Kier alpha value is -1.62. The minimum atomic E-state index is -0.110. The van der Waals surface area contributed by atoms with E-state index in [0.717, 1.165) is 33.7 Å². The standard InChI is InChI=1S/C15H18BrN3O/c1-5-19-11(4)14(10(3)18-19)15(20)17-13-8-12(16)7-6-9(13)2/h6-8H,5H2,1-4H3,(H,17,20). The van der Waals surface area contributed by atoms with E-state index in [1.54, 1.807) is 0 Å². The first-order valence-corrected chi connectivity index (χ1v) is 7.34. The van der Waals surface area contributed by atoms with E-state index in [0.29, 0.717) is 5.56 Å². The van der Waals surface area contributed by atoms with E-state index in [-0.39, 0.29) is 5.91 Å². The molecule has 2 rings (SSSR count). The minimum Gasteiger partial charge on any atom is -0.322 e. The van der Waals surface area contributed by atoms with Crippen LogP contribution < -0.4 is 5.32 Å². The number of carbonyl (C=O) groups is 1. The van der Waals surface area contributed by atoms with E-state index in [9.17, 15) is 4.79 Å². The van der Waals surface area contributed by atoms with Crippen LogP contribution in [-0.4, -0.2) is 15.7 Å². The van der Waals surface area contributed by atoms with Crippen LogP contribution in [0.3, 0.4) is 0 Å². The Kier molecular flexibility index (Phi) is 4.28. The van der Waals surface area contributed by atoms with E-state index < -0.39 is 0 Å². The summed E-state index contributed by atoms with van der Waals surface area (Å²) < 4.78 is 2.79. The molecule has 0 atom stereocenters. The van der Waals surface area contributed by atoms with E-state index >= 15 is 0 Å². The molecule has 2 aromatic rings. The topological polar surface area (TPSA) is 46.9 Å². The van der Waals surface area contributed by atoms with Crippen molar-refractivity contribution in [2.45, 2.75) is 34.2 Å². The average Bonchev–Trinajstić information content (AvgIpc) is 2.68. The van der Waals surface area contributed by atoms with E-state index in [4.69, 9.17) is 0 Å². The molecule has 0 radical (unpaired) electrons. The van der Waals surface area contributed by atoms with Crippen molar-refractivity contribution >= 4 is 27.5 Å². The smallest absolute Gasteiger partial charge is 0.259 e. The maximum atomic E-state index is 12.5. The molecule has 1 aromatic carbocycles. The van der Waals surface area contributed by atoms with Gasteiger partial charge in [0.15, 0.2) is 0 Å². The number of aromatic nitrogens is 2. The molecule has 0 aliphatic carbocycles. The third kappa shape index (κ3) is 2.77. The van der Waals surface area contributed by atoms with E-state index in [2.05, 4.69) is 26.3 Å². The van der Waals surface area contributed by atoms with Gasteiger partial charge in [-0.15, -0.1) is 0 Å². The highest BCUT2D eigenvalue weighted by Crippen LogP contribution is 2.22. The van der Waals surface area contributed by atoms with Crippen LogP contribution in [0.1, 0.15) is 34.2 Å². The minimum absolute atomic E-state index is 0.110. The lowest BCUT2D eigenvalue weighted by Crippen LogP contribution is -2.15. The Labute approximate surface area is 127 Å². The zero-order chi connectivity index (χ0) is 14.9. The van der Waals surface area contributed by atoms with Gasteiger partial charge in [0.25, 0.3) is 5.91 Å². The summed E-state index contributed by atoms with van der Waals surface area (Å²) in [6.45, 7) is 8.53. The monoisotopic (exact) mass is 335 g/mol. The molecule has 106 valence electrons. The molecule has 0 saturated carbocycles. The predicted molar refractivity (Wildman–Crippen MR) is 84.2 cm³/mol. The molecule has 0 saturated heterocycles. The van der Waals surface area contributed by atoms with Gasteiger partial charge in [-0.3, -0.25) is 9.48 Å². The van der Waals surface area contributed by atoms with Crippen molar-refractivity contribution in [2.24, 2.45) is 0 Å². The van der Waals surface area contributed by atoms with Gasteiger partial charge in [-0.1, -0.05) is 22.0 Å². The summed E-state index contributed by atoms with van der Waals surface area (Å²) >= 11 is 3.42. The van der Waals surface area contributed by atoms with Crippen molar-refractivity contribution in [3.8, 4) is 0 Å². The number of nitrogens with one attached hydrogen (secondary N) is 1. The largest absolute Gasteiger partial charge is 0.322 e. The third-order valence-electron chi connectivity index (χ3n) is 3.36. The normalized spacial score (nSPS) is 10.7. The second kappa shape index (κ2) is 5.79. The van der Waals surface area contributed by atoms with Gasteiger partial charge >= 0.3 is 0 Å². The van der Waals surface area contributed by atoms with Crippen LogP contribution in [0.5, 0.6) is 0 Å².